The van der Waals surface area contributed by atoms with Gasteiger partial charge in [0.2, 0.25) is 0 Å². The van der Waals surface area contributed by atoms with Crippen molar-refractivity contribution in [3.05, 3.63) is 89.5 Å². The van der Waals surface area contributed by atoms with Gasteiger partial charge in [-0.3, -0.25) is 9.59 Å². The number of nitrogens with zero attached hydrogens (tertiary/aromatic N) is 2. The molecule has 5 heteroatoms. The van der Waals surface area contributed by atoms with Crippen LogP contribution in [0.15, 0.2) is 83.4 Å². The summed E-state index contributed by atoms with van der Waals surface area (Å²) in [4.78, 5) is 30.5. The van der Waals surface area contributed by atoms with E-state index in [1.54, 1.807) is 6.21 Å². The van der Waals surface area contributed by atoms with Crippen LogP contribution in [0.2, 0.25) is 0 Å². The average molecular weight is 383 g/mol. The number of carbonyl (C=O) groups excluding carboxylic acids is 2. The molecule has 0 radical (unpaired) electrons. The fourth-order valence-corrected chi connectivity index (χ4v) is 3.39. The van der Waals surface area contributed by atoms with E-state index in [4.69, 9.17) is 0 Å². The highest BCUT2D eigenvalue weighted by atomic mass is 16.2. The fourth-order valence-electron chi connectivity index (χ4n) is 3.39. The Kier molecular flexibility index (Phi) is 4.96. The summed E-state index contributed by atoms with van der Waals surface area (Å²) in [5.74, 6) is -0.617. The van der Waals surface area contributed by atoms with Crippen molar-refractivity contribution in [2.45, 2.75) is 0 Å². The maximum atomic E-state index is 12.5. The highest BCUT2D eigenvalue weighted by molar-refractivity contribution is 6.19. The van der Waals surface area contributed by atoms with Gasteiger partial charge in [0, 0.05) is 42.8 Å². The summed E-state index contributed by atoms with van der Waals surface area (Å²) in [7, 11) is 3.92. The van der Waals surface area contributed by atoms with Crippen LogP contribution in [0.25, 0.3) is 5.57 Å². The second-order valence-corrected chi connectivity index (χ2v) is 7.16. The first kappa shape index (κ1) is 18.6. The van der Waals surface area contributed by atoms with Crippen molar-refractivity contribution in [1.82, 2.24) is 0 Å². The number of aliphatic imine (C=N–C) groups is 1. The number of dihydropyridines is 1. The summed E-state index contributed by atoms with van der Waals surface area (Å²) >= 11 is 0. The number of rotatable bonds is 4. The molecule has 2 aliphatic rings. The van der Waals surface area contributed by atoms with Gasteiger partial charge in [0.1, 0.15) is 0 Å². The number of fused-ring (bicyclic) bond motifs is 1. The zero-order chi connectivity index (χ0) is 20.4. The Morgan fingerprint density at radius 2 is 1.72 bits per heavy atom. The molecule has 29 heavy (non-hydrogen) atoms. The van der Waals surface area contributed by atoms with Crippen molar-refractivity contribution in [2.75, 3.05) is 24.3 Å². The Bertz CT molecular complexity index is 1070. The Balaban J connectivity index is 1.52. The van der Waals surface area contributed by atoms with Crippen LogP contribution in [0.5, 0.6) is 0 Å². The third-order valence-corrected chi connectivity index (χ3v) is 5.02. The topological polar surface area (TPSA) is 61.8 Å². The molecule has 0 saturated heterocycles. The average Bonchev–Trinajstić information content (AvgIpc) is 2.75. The molecule has 2 amide bonds. The SMILES string of the molecule is CN(C)c1ccc(C(=O)Nc2ccc(C3=C4C=CC=CC4C(=O)N=C3)cc2)cc1. The molecule has 0 saturated carbocycles. The molecule has 144 valence electrons. The summed E-state index contributed by atoms with van der Waals surface area (Å²) in [6, 6.07) is 15.0. The lowest BCUT2D eigenvalue weighted by atomic mass is 9.85. The van der Waals surface area contributed by atoms with Gasteiger partial charge in [-0.05, 0) is 47.5 Å². The van der Waals surface area contributed by atoms with Crippen LogP contribution in [0, 0.1) is 5.92 Å². The highest BCUT2D eigenvalue weighted by Gasteiger charge is 2.26. The van der Waals surface area contributed by atoms with E-state index in [1.165, 1.54) is 0 Å². The number of allylic oxidation sites excluding steroid dienone is 4. The lowest BCUT2D eigenvalue weighted by molar-refractivity contribution is -0.119. The summed E-state index contributed by atoms with van der Waals surface area (Å²) in [6.07, 6.45) is 9.24. The molecule has 1 N–H and O–H groups in total. The Hall–Kier alpha value is -3.73. The zero-order valence-electron chi connectivity index (χ0n) is 16.3. The summed E-state index contributed by atoms with van der Waals surface area (Å²) < 4.78 is 0. The second kappa shape index (κ2) is 7.72. The van der Waals surface area contributed by atoms with E-state index in [2.05, 4.69) is 10.3 Å². The minimum atomic E-state index is -0.315. The van der Waals surface area contributed by atoms with Gasteiger partial charge in [-0.25, -0.2) is 4.99 Å². The molecule has 1 atom stereocenters. The molecule has 0 spiro atoms. The molecule has 1 aliphatic carbocycles. The minimum absolute atomic E-state index is 0.145. The second-order valence-electron chi connectivity index (χ2n) is 7.16. The van der Waals surface area contributed by atoms with Gasteiger partial charge >= 0.3 is 0 Å². The first-order chi connectivity index (χ1) is 14.0. The van der Waals surface area contributed by atoms with E-state index in [1.807, 2.05) is 91.8 Å². The molecule has 1 heterocycles. The Morgan fingerprint density at radius 3 is 2.41 bits per heavy atom. The smallest absolute Gasteiger partial charge is 0.257 e. The van der Waals surface area contributed by atoms with E-state index in [0.717, 1.165) is 22.4 Å². The van der Waals surface area contributed by atoms with Crippen molar-refractivity contribution in [2.24, 2.45) is 10.9 Å². The molecule has 4 rings (SSSR count). The molecule has 0 fully saturated rings. The number of benzene rings is 2. The van der Waals surface area contributed by atoms with Gasteiger partial charge in [-0.15, -0.1) is 0 Å². The van der Waals surface area contributed by atoms with Crippen molar-refractivity contribution < 1.29 is 9.59 Å². The summed E-state index contributed by atoms with van der Waals surface area (Å²) in [5, 5.41) is 2.92. The number of hydrogen-bond acceptors (Lipinski definition) is 3. The summed E-state index contributed by atoms with van der Waals surface area (Å²) in [5.41, 5.74) is 5.18. The largest absolute Gasteiger partial charge is 0.378 e. The number of amides is 2. The van der Waals surface area contributed by atoms with E-state index >= 15 is 0 Å². The van der Waals surface area contributed by atoms with Crippen LogP contribution in [0.1, 0.15) is 15.9 Å². The van der Waals surface area contributed by atoms with Crippen molar-refractivity contribution in [3.63, 3.8) is 0 Å². The zero-order valence-corrected chi connectivity index (χ0v) is 16.3. The van der Waals surface area contributed by atoms with Crippen LogP contribution >= 0.6 is 0 Å². The quantitative estimate of drug-likeness (QED) is 0.864. The van der Waals surface area contributed by atoms with E-state index in [9.17, 15) is 9.59 Å². The molecule has 1 unspecified atom stereocenters. The fraction of sp³-hybridized carbons (Fsp3) is 0.125. The van der Waals surface area contributed by atoms with Crippen molar-refractivity contribution in [1.29, 1.82) is 0 Å². The third-order valence-electron chi connectivity index (χ3n) is 5.02. The Labute approximate surface area is 169 Å². The monoisotopic (exact) mass is 383 g/mol. The summed E-state index contributed by atoms with van der Waals surface area (Å²) in [6.45, 7) is 0. The van der Waals surface area contributed by atoms with E-state index in [0.29, 0.717) is 11.3 Å². The molecular formula is C24H21N3O2. The van der Waals surface area contributed by atoms with Gasteiger partial charge in [0.25, 0.3) is 11.8 Å². The van der Waals surface area contributed by atoms with Crippen LogP contribution in [0.4, 0.5) is 11.4 Å². The molecule has 2 aromatic rings. The van der Waals surface area contributed by atoms with Gasteiger partial charge in [-0.2, -0.15) is 0 Å². The molecule has 5 nitrogen and oxygen atoms in total. The van der Waals surface area contributed by atoms with E-state index in [-0.39, 0.29) is 17.7 Å². The van der Waals surface area contributed by atoms with Gasteiger partial charge in [0.15, 0.2) is 0 Å². The normalized spacial score (nSPS) is 17.3. The van der Waals surface area contributed by atoms with Crippen LogP contribution in [0.3, 0.4) is 0 Å². The molecule has 2 aromatic carbocycles. The molecule has 0 bridgehead atoms. The lowest BCUT2D eigenvalue weighted by Crippen LogP contribution is -2.19. The molecule has 0 aromatic heterocycles. The first-order valence-electron chi connectivity index (χ1n) is 9.39. The van der Waals surface area contributed by atoms with E-state index < -0.39 is 0 Å². The number of anilines is 2. The molecular weight excluding hydrogens is 362 g/mol. The maximum Gasteiger partial charge on any atom is 0.257 e. The number of nitrogens with one attached hydrogen (secondary N) is 1. The lowest BCUT2D eigenvalue weighted by Gasteiger charge is -2.21. The van der Waals surface area contributed by atoms with Crippen molar-refractivity contribution >= 4 is 35.0 Å². The third kappa shape index (κ3) is 3.80. The molecule has 1 aliphatic heterocycles. The van der Waals surface area contributed by atoms with Crippen LogP contribution < -0.4 is 10.2 Å². The first-order valence-corrected chi connectivity index (χ1v) is 9.39. The van der Waals surface area contributed by atoms with Gasteiger partial charge in [-0.1, -0.05) is 36.4 Å². The Morgan fingerprint density at radius 1 is 1.00 bits per heavy atom. The predicted octanol–water partition coefficient (Wildman–Crippen LogP) is 4.11. The standard InChI is InChI=1S/C24H21N3O2/c1-27(2)19-13-9-17(10-14-19)23(28)26-18-11-7-16(8-12-18)22-15-25-24(29)21-6-4-3-5-20(21)22/h3-15,21H,1-2H3,(H,26,28). The van der Waals surface area contributed by atoms with Crippen LogP contribution in [-0.4, -0.2) is 32.1 Å². The maximum absolute atomic E-state index is 12.5. The van der Waals surface area contributed by atoms with Gasteiger partial charge < -0.3 is 10.2 Å². The minimum Gasteiger partial charge on any atom is -0.378 e. The van der Waals surface area contributed by atoms with Gasteiger partial charge in [0.05, 0.1) is 5.92 Å². The van der Waals surface area contributed by atoms with Crippen LogP contribution in [-0.2, 0) is 4.79 Å². The highest BCUT2D eigenvalue weighted by Crippen LogP contribution is 2.31. The number of carbonyl (C=O) groups is 2. The number of hydrogen-bond donors (Lipinski definition) is 1. The predicted molar refractivity (Wildman–Crippen MR) is 117 cm³/mol. The van der Waals surface area contributed by atoms with Crippen molar-refractivity contribution in [3.8, 4) is 0 Å².